The van der Waals surface area contributed by atoms with Crippen molar-refractivity contribution in [2.45, 2.75) is 26.8 Å². The van der Waals surface area contributed by atoms with Crippen molar-refractivity contribution in [3.63, 3.8) is 0 Å². The van der Waals surface area contributed by atoms with E-state index in [-0.39, 0.29) is 24.4 Å². The highest BCUT2D eigenvalue weighted by molar-refractivity contribution is 5.79. The first-order valence-corrected chi connectivity index (χ1v) is 8.07. The van der Waals surface area contributed by atoms with E-state index in [0.717, 1.165) is 17.0 Å². The van der Waals surface area contributed by atoms with Crippen LogP contribution in [0.2, 0.25) is 0 Å². The maximum absolute atomic E-state index is 12.5. The van der Waals surface area contributed by atoms with Crippen molar-refractivity contribution in [3.8, 4) is 0 Å². The van der Waals surface area contributed by atoms with Crippen molar-refractivity contribution in [2.24, 2.45) is 7.05 Å². The fourth-order valence-electron chi connectivity index (χ4n) is 2.88. The number of likely N-dealkylation sites (N-methyl/N-ethyl adjacent to an activating group) is 1. The number of aromatic amines is 1. The van der Waals surface area contributed by atoms with Crippen LogP contribution in [0.5, 0.6) is 0 Å². The zero-order valence-corrected chi connectivity index (χ0v) is 14.8. The monoisotopic (exact) mass is 339 g/mol. The summed E-state index contributed by atoms with van der Waals surface area (Å²) in [6.07, 6.45) is 0.278. The lowest BCUT2D eigenvalue weighted by atomic mass is 10.1. The van der Waals surface area contributed by atoms with Crippen LogP contribution in [0.1, 0.15) is 22.8 Å². The van der Waals surface area contributed by atoms with Gasteiger partial charge in [-0.1, -0.05) is 12.1 Å². The maximum atomic E-state index is 12.5. The summed E-state index contributed by atoms with van der Waals surface area (Å²) < 4.78 is 1.78. The van der Waals surface area contributed by atoms with Gasteiger partial charge in [-0.3, -0.25) is 14.3 Å². The molecule has 0 fully saturated rings. The first-order chi connectivity index (χ1) is 11.9. The molecule has 7 nitrogen and oxygen atoms in total. The number of benzene rings is 1. The van der Waals surface area contributed by atoms with Gasteiger partial charge in [-0.25, -0.2) is 4.98 Å². The lowest BCUT2D eigenvalue weighted by Gasteiger charge is -2.17. The molecule has 0 bridgehead atoms. The van der Waals surface area contributed by atoms with Gasteiger partial charge in [0.05, 0.1) is 29.6 Å². The molecule has 3 aromatic rings. The Hall–Kier alpha value is -2.96. The Balaban J connectivity index is 1.79. The summed E-state index contributed by atoms with van der Waals surface area (Å²) >= 11 is 0. The molecule has 7 heteroatoms. The maximum Gasteiger partial charge on any atom is 0.258 e. The van der Waals surface area contributed by atoms with Crippen LogP contribution < -0.4 is 5.56 Å². The van der Waals surface area contributed by atoms with Gasteiger partial charge >= 0.3 is 0 Å². The number of nitrogens with one attached hydrogen (secondary N) is 1. The predicted molar refractivity (Wildman–Crippen MR) is 95.2 cm³/mol. The Morgan fingerprint density at radius 1 is 1.28 bits per heavy atom. The van der Waals surface area contributed by atoms with Gasteiger partial charge in [0.15, 0.2) is 0 Å². The third-order valence-electron chi connectivity index (χ3n) is 4.46. The number of hydrogen-bond donors (Lipinski definition) is 1. The number of nitrogens with zero attached hydrogens (tertiary/aromatic N) is 4. The van der Waals surface area contributed by atoms with Crippen molar-refractivity contribution in [3.05, 3.63) is 57.4 Å². The fourth-order valence-corrected chi connectivity index (χ4v) is 2.88. The van der Waals surface area contributed by atoms with Crippen LogP contribution in [0.15, 0.2) is 29.1 Å². The van der Waals surface area contributed by atoms with E-state index >= 15 is 0 Å². The normalized spacial score (nSPS) is 11.0. The van der Waals surface area contributed by atoms with Gasteiger partial charge < -0.3 is 9.88 Å². The molecular formula is C18H21N5O2. The van der Waals surface area contributed by atoms with Gasteiger partial charge in [-0.15, -0.1) is 0 Å². The second kappa shape index (κ2) is 6.51. The molecule has 25 heavy (non-hydrogen) atoms. The van der Waals surface area contributed by atoms with Crippen LogP contribution >= 0.6 is 0 Å². The molecule has 2 heterocycles. The molecule has 130 valence electrons. The van der Waals surface area contributed by atoms with Crippen LogP contribution in [-0.2, 0) is 24.8 Å². The summed E-state index contributed by atoms with van der Waals surface area (Å²) in [7, 11) is 3.57. The Labute approximate surface area is 145 Å². The van der Waals surface area contributed by atoms with Crippen molar-refractivity contribution in [2.75, 3.05) is 7.05 Å². The summed E-state index contributed by atoms with van der Waals surface area (Å²) in [6.45, 7) is 4.10. The summed E-state index contributed by atoms with van der Waals surface area (Å²) in [4.78, 5) is 33.4. The average Bonchev–Trinajstić information content (AvgIpc) is 2.81. The molecule has 3 rings (SSSR count). The van der Waals surface area contributed by atoms with Crippen molar-refractivity contribution < 1.29 is 4.79 Å². The third-order valence-corrected chi connectivity index (χ3v) is 4.46. The van der Waals surface area contributed by atoms with Gasteiger partial charge in [0, 0.05) is 25.4 Å². The first-order valence-electron chi connectivity index (χ1n) is 8.07. The number of carbonyl (C=O) groups is 1. The first kappa shape index (κ1) is 16.9. The van der Waals surface area contributed by atoms with Crippen LogP contribution in [0.3, 0.4) is 0 Å². The summed E-state index contributed by atoms with van der Waals surface area (Å²) in [5.41, 5.74) is 3.22. The highest BCUT2D eigenvalue weighted by Gasteiger charge is 2.17. The van der Waals surface area contributed by atoms with Gasteiger partial charge in [-0.2, -0.15) is 5.10 Å². The number of hydrogen-bond acceptors (Lipinski definition) is 4. The van der Waals surface area contributed by atoms with Crippen LogP contribution in [0, 0.1) is 13.8 Å². The number of amides is 1. The van der Waals surface area contributed by atoms with E-state index in [1.54, 1.807) is 34.8 Å². The lowest BCUT2D eigenvalue weighted by molar-refractivity contribution is -0.129. The molecule has 0 atom stereocenters. The summed E-state index contributed by atoms with van der Waals surface area (Å²) in [5, 5.41) is 4.88. The Bertz CT molecular complexity index is 1000. The van der Waals surface area contributed by atoms with E-state index in [9.17, 15) is 9.59 Å². The molecule has 0 aliphatic heterocycles. The Kier molecular flexibility index (Phi) is 4.39. The standard InChI is InChI=1S/C18H21N5O2/c1-11-14(12(2)23(4)21-11)9-17(24)22(3)10-16-19-15-8-6-5-7-13(15)18(25)20-16/h5-8H,9-10H2,1-4H3,(H,19,20,25). The number of rotatable bonds is 4. The molecule has 0 saturated carbocycles. The summed E-state index contributed by atoms with van der Waals surface area (Å²) in [5.74, 6) is 0.425. The molecule has 2 aromatic heterocycles. The molecule has 0 saturated heterocycles. The van der Waals surface area contributed by atoms with E-state index in [2.05, 4.69) is 15.1 Å². The number of fused-ring (bicyclic) bond motifs is 1. The molecule has 0 aliphatic rings. The predicted octanol–water partition coefficient (Wildman–Crippen LogP) is 1.47. The highest BCUT2D eigenvalue weighted by Crippen LogP contribution is 2.14. The molecule has 0 unspecified atom stereocenters. The summed E-state index contributed by atoms with van der Waals surface area (Å²) in [6, 6.07) is 7.15. The molecule has 0 radical (unpaired) electrons. The second-order valence-electron chi connectivity index (χ2n) is 6.23. The SMILES string of the molecule is Cc1nn(C)c(C)c1CC(=O)N(C)Cc1nc2ccccc2c(=O)[nH]1. The van der Waals surface area contributed by atoms with Gasteiger partial charge in [0.25, 0.3) is 5.56 Å². The van der Waals surface area contributed by atoms with Crippen LogP contribution in [0.4, 0.5) is 0 Å². The minimum absolute atomic E-state index is 0.0463. The van der Waals surface area contributed by atoms with Gasteiger partial charge in [0.2, 0.25) is 5.91 Å². The highest BCUT2D eigenvalue weighted by atomic mass is 16.2. The zero-order chi connectivity index (χ0) is 18.1. The minimum Gasteiger partial charge on any atom is -0.338 e. The van der Waals surface area contributed by atoms with E-state index in [0.29, 0.717) is 16.7 Å². The number of aromatic nitrogens is 4. The Morgan fingerprint density at radius 3 is 2.68 bits per heavy atom. The lowest BCUT2D eigenvalue weighted by Crippen LogP contribution is -2.30. The zero-order valence-electron chi connectivity index (χ0n) is 14.8. The molecule has 0 aliphatic carbocycles. The van der Waals surface area contributed by atoms with Crippen LogP contribution in [0.25, 0.3) is 10.9 Å². The largest absolute Gasteiger partial charge is 0.338 e. The minimum atomic E-state index is -0.194. The fraction of sp³-hybridized carbons (Fsp3) is 0.333. The topological polar surface area (TPSA) is 83.9 Å². The molecule has 1 N–H and O–H groups in total. The van der Waals surface area contributed by atoms with Crippen molar-refractivity contribution in [1.82, 2.24) is 24.6 Å². The number of carbonyl (C=O) groups excluding carboxylic acids is 1. The molecule has 1 aromatic carbocycles. The van der Waals surface area contributed by atoms with E-state index in [1.165, 1.54) is 0 Å². The average molecular weight is 339 g/mol. The Morgan fingerprint density at radius 2 is 2.00 bits per heavy atom. The smallest absolute Gasteiger partial charge is 0.258 e. The molecule has 0 spiro atoms. The quantitative estimate of drug-likeness (QED) is 0.780. The van der Waals surface area contributed by atoms with E-state index < -0.39 is 0 Å². The van der Waals surface area contributed by atoms with Gasteiger partial charge in [0.1, 0.15) is 5.82 Å². The van der Waals surface area contributed by atoms with Crippen LogP contribution in [-0.4, -0.2) is 37.6 Å². The number of para-hydroxylation sites is 1. The molecule has 1 amide bonds. The number of aryl methyl sites for hydroxylation is 2. The van der Waals surface area contributed by atoms with Gasteiger partial charge in [-0.05, 0) is 26.0 Å². The van der Waals surface area contributed by atoms with Crippen molar-refractivity contribution >= 4 is 16.8 Å². The number of H-pyrrole nitrogens is 1. The van der Waals surface area contributed by atoms with Crippen molar-refractivity contribution in [1.29, 1.82) is 0 Å². The molecular weight excluding hydrogens is 318 g/mol. The second-order valence-corrected chi connectivity index (χ2v) is 6.23. The van der Waals surface area contributed by atoms with E-state index in [1.807, 2.05) is 27.0 Å². The van der Waals surface area contributed by atoms with E-state index in [4.69, 9.17) is 0 Å². The third kappa shape index (κ3) is 3.31.